The third-order valence-electron chi connectivity index (χ3n) is 1.37. The van der Waals surface area contributed by atoms with Crippen molar-refractivity contribution in [3.63, 3.8) is 0 Å². The SMILES string of the molecule is CC(C)NCC(C)OC(C)(C)C. The molecule has 2 heteroatoms. The van der Waals surface area contributed by atoms with E-state index in [-0.39, 0.29) is 11.7 Å². The van der Waals surface area contributed by atoms with Crippen LogP contribution in [-0.4, -0.2) is 24.3 Å². The van der Waals surface area contributed by atoms with Crippen molar-refractivity contribution in [1.29, 1.82) is 0 Å². The fraction of sp³-hybridized carbons (Fsp3) is 1.00. The first kappa shape index (κ1) is 11.9. The van der Waals surface area contributed by atoms with Crippen molar-refractivity contribution in [2.75, 3.05) is 6.54 Å². The van der Waals surface area contributed by atoms with Crippen molar-refractivity contribution in [1.82, 2.24) is 5.32 Å². The van der Waals surface area contributed by atoms with Gasteiger partial charge in [0.2, 0.25) is 0 Å². The van der Waals surface area contributed by atoms with Crippen LogP contribution in [0.4, 0.5) is 0 Å². The van der Waals surface area contributed by atoms with Crippen LogP contribution < -0.4 is 5.32 Å². The molecule has 0 aromatic heterocycles. The first-order valence-electron chi connectivity index (χ1n) is 4.72. The van der Waals surface area contributed by atoms with Crippen LogP contribution in [0.1, 0.15) is 41.5 Å². The summed E-state index contributed by atoms with van der Waals surface area (Å²) < 4.78 is 5.73. The Balaban J connectivity index is 3.53. The molecule has 1 unspecified atom stereocenters. The molecular formula is C10H23NO. The Labute approximate surface area is 76.7 Å². The summed E-state index contributed by atoms with van der Waals surface area (Å²) in [5, 5.41) is 3.34. The van der Waals surface area contributed by atoms with Gasteiger partial charge < -0.3 is 10.1 Å². The zero-order chi connectivity index (χ0) is 9.78. The second kappa shape index (κ2) is 4.83. The molecule has 1 N–H and O–H groups in total. The van der Waals surface area contributed by atoms with E-state index in [1.54, 1.807) is 0 Å². The fourth-order valence-corrected chi connectivity index (χ4v) is 1.05. The minimum absolute atomic E-state index is 0.0297. The summed E-state index contributed by atoms with van der Waals surface area (Å²) in [4.78, 5) is 0. The Morgan fingerprint density at radius 1 is 1.17 bits per heavy atom. The fourth-order valence-electron chi connectivity index (χ4n) is 1.05. The third-order valence-corrected chi connectivity index (χ3v) is 1.37. The molecule has 0 aromatic carbocycles. The van der Waals surface area contributed by atoms with Gasteiger partial charge in [-0.15, -0.1) is 0 Å². The highest BCUT2D eigenvalue weighted by Gasteiger charge is 2.14. The molecule has 0 rings (SSSR count). The zero-order valence-electron chi connectivity index (χ0n) is 9.27. The predicted molar refractivity (Wildman–Crippen MR) is 53.4 cm³/mol. The summed E-state index contributed by atoms with van der Waals surface area (Å²) in [6, 6.07) is 0.538. The normalized spacial score (nSPS) is 15.2. The second-order valence-corrected chi connectivity index (χ2v) is 4.60. The molecule has 0 radical (unpaired) electrons. The number of hydrogen-bond acceptors (Lipinski definition) is 2. The summed E-state index contributed by atoms with van der Waals surface area (Å²) in [7, 11) is 0. The smallest absolute Gasteiger partial charge is 0.0678 e. The molecule has 0 heterocycles. The maximum absolute atomic E-state index is 5.73. The lowest BCUT2D eigenvalue weighted by Gasteiger charge is -2.25. The van der Waals surface area contributed by atoms with Crippen molar-refractivity contribution in [3.05, 3.63) is 0 Å². The molecular weight excluding hydrogens is 150 g/mol. The van der Waals surface area contributed by atoms with Gasteiger partial charge in [0.25, 0.3) is 0 Å². The van der Waals surface area contributed by atoms with Gasteiger partial charge in [-0.1, -0.05) is 13.8 Å². The molecule has 0 aliphatic carbocycles. The van der Waals surface area contributed by atoms with E-state index in [2.05, 4.69) is 46.9 Å². The Morgan fingerprint density at radius 3 is 2.00 bits per heavy atom. The lowest BCUT2D eigenvalue weighted by Crippen LogP contribution is -2.36. The standard InChI is InChI=1S/C10H23NO/c1-8(2)11-7-9(3)12-10(4,5)6/h8-9,11H,7H2,1-6H3. The van der Waals surface area contributed by atoms with Gasteiger partial charge in [-0.2, -0.15) is 0 Å². The summed E-state index contributed by atoms with van der Waals surface area (Å²) in [5.74, 6) is 0. The average molecular weight is 173 g/mol. The maximum Gasteiger partial charge on any atom is 0.0678 e. The van der Waals surface area contributed by atoms with Crippen LogP contribution in [0, 0.1) is 0 Å². The van der Waals surface area contributed by atoms with Gasteiger partial charge >= 0.3 is 0 Å². The van der Waals surface area contributed by atoms with E-state index in [9.17, 15) is 0 Å². The topological polar surface area (TPSA) is 21.3 Å². The van der Waals surface area contributed by atoms with Gasteiger partial charge in [0.1, 0.15) is 0 Å². The number of nitrogens with one attached hydrogen (secondary N) is 1. The second-order valence-electron chi connectivity index (χ2n) is 4.60. The molecule has 12 heavy (non-hydrogen) atoms. The highest BCUT2D eigenvalue weighted by molar-refractivity contribution is 4.65. The lowest BCUT2D eigenvalue weighted by atomic mass is 10.2. The van der Waals surface area contributed by atoms with E-state index in [0.29, 0.717) is 6.04 Å². The molecule has 0 amide bonds. The molecule has 0 fully saturated rings. The Morgan fingerprint density at radius 2 is 1.67 bits per heavy atom. The Kier molecular flexibility index (Phi) is 4.80. The number of ether oxygens (including phenoxy) is 1. The molecule has 1 atom stereocenters. The van der Waals surface area contributed by atoms with E-state index in [4.69, 9.17) is 4.74 Å². The molecule has 0 aliphatic heterocycles. The number of hydrogen-bond donors (Lipinski definition) is 1. The molecule has 0 aromatic rings. The van der Waals surface area contributed by atoms with E-state index >= 15 is 0 Å². The van der Waals surface area contributed by atoms with Crippen LogP contribution in [-0.2, 0) is 4.74 Å². The maximum atomic E-state index is 5.73. The van der Waals surface area contributed by atoms with Crippen LogP contribution in [0.5, 0.6) is 0 Å². The summed E-state index contributed by atoms with van der Waals surface area (Å²) in [5.41, 5.74) is -0.0297. The minimum atomic E-state index is -0.0297. The molecule has 0 saturated carbocycles. The van der Waals surface area contributed by atoms with Crippen LogP contribution in [0.15, 0.2) is 0 Å². The Hall–Kier alpha value is -0.0800. The molecule has 0 aliphatic rings. The quantitative estimate of drug-likeness (QED) is 0.703. The van der Waals surface area contributed by atoms with Gasteiger partial charge in [0, 0.05) is 12.6 Å². The highest BCUT2D eigenvalue weighted by Crippen LogP contribution is 2.09. The van der Waals surface area contributed by atoms with Crippen LogP contribution >= 0.6 is 0 Å². The van der Waals surface area contributed by atoms with E-state index in [1.165, 1.54) is 0 Å². The highest BCUT2D eigenvalue weighted by atomic mass is 16.5. The third kappa shape index (κ3) is 8.02. The summed E-state index contributed by atoms with van der Waals surface area (Å²) in [6.07, 6.45) is 0.285. The first-order valence-corrected chi connectivity index (χ1v) is 4.72. The molecule has 74 valence electrons. The largest absolute Gasteiger partial charge is 0.372 e. The first-order chi connectivity index (χ1) is 5.31. The van der Waals surface area contributed by atoms with Gasteiger partial charge in [0.15, 0.2) is 0 Å². The van der Waals surface area contributed by atoms with E-state index in [1.807, 2.05) is 0 Å². The summed E-state index contributed by atoms with van der Waals surface area (Å²) in [6.45, 7) is 13.6. The van der Waals surface area contributed by atoms with Crippen molar-refractivity contribution in [3.8, 4) is 0 Å². The Bertz CT molecular complexity index is 115. The van der Waals surface area contributed by atoms with Gasteiger partial charge in [-0.25, -0.2) is 0 Å². The van der Waals surface area contributed by atoms with E-state index in [0.717, 1.165) is 6.54 Å². The molecule has 0 spiro atoms. The molecule has 0 bridgehead atoms. The number of rotatable bonds is 4. The van der Waals surface area contributed by atoms with Crippen molar-refractivity contribution < 1.29 is 4.74 Å². The van der Waals surface area contributed by atoms with Crippen molar-refractivity contribution in [2.24, 2.45) is 0 Å². The van der Waals surface area contributed by atoms with Gasteiger partial charge in [0.05, 0.1) is 11.7 Å². The summed E-state index contributed by atoms with van der Waals surface area (Å²) >= 11 is 0. The average Bonchev–Trinajstić information content (AvgIpc) is 1.79. The van der Waals surface area contributed by atoms with Crippen molar-refractivity contribution in [2.45, 2.75) is 59.3 Å². The molecule has 2 nitrogen and oxygen atoms in total. The van der Waals surface area contributed by atoms with Crippen LogP contribution in [0.2, 0.25) is 0 Å². The van der Waals surface area contributed by atoms with Gasteiger partial charge in [-0.3, -0.25) is 0 Å². The minimum Gasteiger partial charge on any atom is -0.372 e. The zero-order valence-corrected chi connectivity index (χ0v) is 9.27. The molecule has 0 saturated heterocycles. The van der Waals surface area contributed by atoms with Gasteiger partial charge in [-0.05, 0) is 27.7 Å². The monoisotopic (exact) mass is 173 g/mol. The lowest BCUT2D eigenvalue weighted by molar-refractivity contribution is -0.0504. The van der Waals surface area contributed by atoms with Crippen molar-refractivity contribution >= 4 is 0 Å². The predicted octanol–water partition coefficient (Wildman–Crippen LogP) is 2.19. The van der Waals surface area contributed by atoms with E-state index < -0.39 is 0 Å². The van der Waals surface area contributed by atoms with Crippen LogP contribution in [0.25, 0.3) is 0 Å². The van der Waals surface area contributed by atoms with Crippen LogP contribution in [0.3, 0.4) is 0 Å².